The molecule has 3 N–H and O–H groups in total. The fourth-order valence-electron chi connectivity index (χ4n) is 2.00. The molecule has 0 aliphatic carbocycles. The number of ether oxygens (including phenoxy) is 1. The molecule has 6 heteroatoms. The number of pyridine rings is 1. The Morgan fingerprint density at radius 1 is 1.14 bits per heavy atom. The van der Waals surface area contributed by atoms with Gasteiger partial charge in [0.05, 0.1) is 18.7 Å². The lowest BCUT2D eigenvalue weighted by Gasteiger charge is -2.03. The zero-order chi connectivity index (χ0) is 14.7. The molecule has 108 valence electrons. The monoisotopic (exact) mass is 284 g/mol. The van der Waals surface area contributed by atoms with Crippen molar-refractivity contribution in [1.29, 1.82) is 0 Å². The zero-order valence-corrected chi connectivity index (χ0v) is 11.6. The van der Waals surface area contributed by atoms with E-state index in [2.05, 4.69) is 20.3 Å². The summed E-state index contributed by atoms with van der Waals surface area (Å²) in [6.45, 7) is 3.05. The molecule has 0 aliphatic rings. The summed E-state index contributed by atoms with van der Waals surface area (Å²) in [5.74, 6) is 1.62. The van der Waals surface area contributed by atoms with Crippen molar-refractivity contribution in [3.63, 3.8) is 0 Å². The van der Waals surface area contributed by atoms with Gasteiger partial charge in [-0.05, 0) is 37.3 Å². The van der Waals surface area contributed by atoms with Crippen LogP contribution in [0.2, 0.25) is 0 Å². The highest BCUT2D eigenvalue weighted by Crippen LogP contribution is 2.17. The minimum absolute atomic E-state index is 0.247. The van der Waals surface area contributed by atoms with Crippen LogP contribution in [-0.4, -0.2) is 26.7 Å². The summed E-state index contributed by atoms with van der Waals surface area (Å²) in [6, 6.07) is 10.6. The molecular formula is C15H16N4O2. The van der Waals surface area contributed by atoms with Crippen LogP contribution in [0.3, 0.4) is 0 Å². The van der Waals surface area contributed by atoms with E-state index in [1.807, 2.05) is 31.2 Å². The van der Waals surface area contributed by atoms with Crippen molar-refractivity contribution in [3.05, 3.63) is 42.2 Å². The van der Waals surface area contributed by atoms with Crippen LogP contribution in [0.15, 0.2) is 36.4 Å². The van der Waals surface area contributed by atoms with Crippen molar-refractivity contribution in [2.75, 3.05) is 11.9 Å². The number of anilines is 1. The van der Waals surface area contributed by atoms with Gasteiger partial charge in [0.2, 0.25) is 5.88 Å². The van der Waals surface area contributed by atoms with Crippen LogP contribution in [0.25, 0.3) is 11.2 Å². The Bertz CT molecular complexity index is 737. The molecular weight excluding hydrogens is 268 g/mol. The fraction of sp³-hybridized carbons (Fsp3) is 0.200. The van der Waals surface area contributed by atoms with Gasteiger partial charge >= 0.3 is 0 Å². The third kappa shape index (κ3) is 3.05. The van der Waals surface area contributed by atoms with Gasteiger partial charge in [0.1, 0.15) is 11.6 Å². The van der Waals surface area contributed by atoms with E-state index in [1.54, 1.807) is 12.1 Å². The molecule has 6 nitrogen and oxygen atoms in total. The SMILES string of the molecule is CCOc1ccc2[nH]c(CNc3ccc(O)cc3)nc2n1. The maximum atomic E-state index is 9.24. The Kier molecular flexibility index (Phi) is 3.59. The maximum absolute atomic E-state index is 9.24. The number of benzene rings is 1. The molecule has 0 saturated heterocycles. The first-order valence-electron chi connectivity index (χ1n) is 6.76. The number of aromatic amines is 1. The van der Waals surface area contributed by atoms with E-state index in [-0.39, 0.29) is 5.75 Å². The van der Waals surface area contributed by atoms with Gasteiger partial charge in [0, 0.05) is 11.8 Å². The minimum atomic E-state index is 0.247. The smallest absolute Gasteiger partial charge is 0.215 e. The van der Waals surface area contributed by atoms with Crippen molar-refractivity contribution < 1.29 is 9.84 Å². The van der Waals surface area contributed by atoms with Gasteiger partial charge in [-0.2, -0.15) is 4.98 Å². The molecule has 0 radical (unpaired) electrons. The number of aromatic hydroxyl groups is 1. The first-order chi connectivity index (χ1) is 10.2. The van der Waals surface area contributed by atoms with Gasteiger partial charge in [-0.25, -0.2) is 4.98 Å². The number of hydrogen-bond donors (Lipinski definition) is 3. The highest BCUT2D eigenvalue weighted by molar-refractivity contribution is 5.71. The predicted molar refractivity (Wildman–Crippen MR) is 80.5 cm³/mol. The number of fused-ring (bicyclic) bond motifs is 1. The third-order valence-corrected chi connectivity index (χ3v) is 2.99. The van der Waals surface area contributed by atoms with Crippen molar-refractivity contribution in [3.8, 4) is 11.6 Å². The second kappa shape index (κ2) is 5.70. The van der Waals surface area contributed by atoms with Crippen LogP contribution in [0.4, 0.5) is 5.69 Å². The van der Waals surface area contributed by atoms with E-state index in [0.717, 1.165) is 17.0 Å². The number of hydrogen-bond acceptors (Lipinski definition) is 5. The number of nitrogens with zero attached hydrogens (tertiary/aromatic N) is 2. The van der Waals surface area contributed by atoms with Crippen LogP contribution < -0.4 is 10.1 Å². The lowest BCUT2D eigenvalue weighted by atomic mass is 10.3. The normalized spacial score (nSPS) is 10.7. The summed E-state index contributed by atoms with van der Waals surface area (Å²) in [5.41, 5.74) is 2.43. The van der Waals surface area contributed by atoms with E-state index in [4.69, 9.17) is 4.74 Å². The Balaban J connectivity index is 1.73. The molecule has 2 aromatic heterocycles. The van der Waals surface area contributed by atoms with Crippen molar-refractivity contribution in [1.82, 2.24) is 15.0 Å². The summed E-state index contributed by atoms with van der Waals surface area (Å²) in [7, 11) is 0. The second-order valence-corrected chi connectivity index (χ2v) is 4.54. The number of phenolic OH excluding ortho intramolecular Hbond substituents is 1. The van der Waals surface area contributed by atoms with Gasteiger partial charge in [-0.3, -0.25) is 0 Å². The molecule has 2 heterocycles. The van der Waals surface area contributed by atoms with Crippen molar-refractivity contribution in [2.24, 2.45) is 0 Å². The zero-order valence-electron chi connectivity index (χ0n) is 11.6. The minimum Gasteiger partial charge on any atom is -0.508 e. The predicted octanol–water partition coefficient (Wildman–Crippen LogP) is 2.67. The van der Waals surface area contributed by atoms with Crippen molar-refractivity contribution >= 4 is 16.9 Å². The van der Waals surface area contributed by atoms with Gasteiger partial charge in [-0.1, -0.05) is 0 Å². The van der Waals surface area contributed by atoms with E-state index < -0.39 is 0 Å². The summed E-state index contributed by atoms with van der Waals surface area (Å²) >= 11 is 0. The highest BCUT2D eigenvalue weighted by Gasteiger charge is 2.05. The fourth-order valence-corrected chi connectivity index (χ4v) is 2.00. The van der Waals surface area contributed by atoms with Crippen LogP contribution >= 0.6 is 0 Å². The highest BCUT2D eigenvalue weighted by atomic mass is 16.5. The second-order valence-electron chi connectivity index (χ2n) is 4.54. The van der Waals surface area contributed by atoms with Crippen LogP contribution in [-0.2, 0) is 6.54 Å². The Morgan fingerprint density at radius 2 is 1.95 bits per heavy atom. The van der Waals surface area contributed by atoms with Crippen LogP contribution in [0, 0.1) is 0 Å². The Labute approximate surface area is 121 Å². The third-order valence-electron chi connectivity index (χ3n) is 2.99. The summed E-state index contributed by atoms with van der Waals surface area (Å²) in [4.78, 5) is 12.0. The lowest BCUT2D eigenvalue weighted by molar-refractivity contribution is 0.328. The van der Waals surface area contributed by atoms with E-state index in [9.17, 15) is 5.11 Å². The summed E-state index contributed by atoms with van der Waals surface area (Å²) in [6.07, 6.45) is 0. The molecule has 0 saturated carbocycles. The molecule has 3 rings (SSSR count). The molecule has 21 heavy (non-hydrogen) atoms. The van der Waals surface area contributed by atoms with Crippen LogP contribution in [0.5, 0.6) is 11.6 Å². The van der Waals surface area contributed by atoms with Gasteiger partial charge in [0.25, 0.3) is 0 Å². The molecule has 0 bridgehead atoms. The van der Waals surface area contributed by atoms with Crippen LogP contribution in [0.1, 0.15) is 12.7 Å². The number of nitrogens with one attached hydrogen (secondary N) is 2. The largest absolute Gasteiger partial charge is 0.508 e. The molecule has 0 unspecified atom stereocenters. The first kappa shape index (κ1) is 13.2. The Morgan fingerprint density at radius 3 is 2.71 bits per heavy atom. The number of phenols is 1. The molecule has 0 spiro atoms. The summed E-state index contributed by atoms with van der Waals surface area (Å²) in [5, 5.41) is 12.5. The number of aromatic nitrogens is 3. The molecule has 1 aromatic carbocycles. The van der Waals surface area contributed by atoms with Gasteiger partial charge in [0.15, 0.2) is 5.65 Å². The number of imidazole rings is 1. The summed E-state index contributed by atoms with van der Waals surface area (Å²) < 4.78 is 5.36. The van der Waals surface area contributed by atoms with Crippen molar-refractivity contribution in [2.45, 2.75) is 13.5 Å². The first-order valence-corrected chi connectivity index (χ1v) is 6.76. The lowest BCUT2D eigenvalue weighted by Crippen LogP contribution is -2.00. The van der Waals surface area contributed by atoms with E-state index >= 15 is 0 Å². The maximum Gasteiger partial charge on any atom is 0.215 e. The molecule has 0 atom stereocenters. The molecule has 0 aliphatic heterocycles. The van der Waals surface area contributed by atoms with E-state index in [0.29, 0.717) is 24.7 Å². The average Bonchev–Trinajstić information content (AvgIpc) is 2.89. The average molecular weight is 284 g/mol. The standard InChI is InChI=1S/C15H16N4O2/c1-2-21-14-8-7-12-15(19-14)18-13(17-12)9-16-10-3-5-11(20)6-4-10/h3-8,16,20H,2,9H2,1H3,(H,17,18,19). The van der Waals surface area contributed by atoms with Gasteiger partial charge in [-0.15, -0.1) is 0 Å². The van der Waals surface area contributed by atoms with E-state index in [1.165, 1.54) is 0 Å². The topological polar surface area (TPSA) is 83.1 Å². The molecule has 0 fully saturated rings. The Hall–Kier alpha value is -2.76. The van der Waals surface area contributed by atoms with Gasteiger partial charge < -0.3 is 20.1 Å². The molecule has 0 amide bonds. The molecule has 3 aromatic rings. The quantitative estimate of drug-likeness (QED) is 0.627. The number of rotatable bonds is 5. The number of H-pyrrole nitrogens is 1.